The van der Waals surface area contributed by atoms with Crippen LogP contribution in [0.1, 0.15) is 32.5 Å². The van der Waals surface area contributed by atoms with Crippen molar-refractivity contribution in [2.24, 2.45) is 0 Å². The van der Waals surface area contributed by atoms with Gasteiger partial charge in [-0.1, -0.05) is 36.4 Å². The van der Waals surface area contributed by atoms with Crippen LogP contribution < -0.4 is 5.32 Å². The topological polar surface area (TPSA) is 68.3 Å². The highest BCUT2D eigenvalue weighted by Crippen LogP contribution is 2.26. The summed E-state index contributed by atoms with van der Waals surface area (Å²) in [4.78, 5) is 30.6. The van der Waals surface area contributed by atoms with Crippen LogP contribution in [0.5, 0.6) is 0 Å². The Labute approximate surface area is 182 Å². The molecular formula is C24H19FN2O3S. The molecule has 1 atom stereocenters. The Morgan fingerprint density at radius 1 is 1.10 bits per heavy atom. The third-order valence-corrected chi connectivity index (χ3v) is 5.67. The van der Waals surface area contributed by atoms with Crippen molar-refractivity contribution in [2.75, 3.05) is 6.61 Å². The molecule has 0 radical (unpaired) electrons. The summed E-state index contributed by atoms with van der Waals surface area (Å²) in [5.74, 6) is -1.40. The first-order valence-corrected chi connectivity index (χ1v) is 10.5. The number of amides is 1. The zero-order valence-corrected chi connectivity index (χ0v) is 17.5. The van der Waals surface area contributed by atoms with Crippen molar-refractivity contribution in [2.45, 2.75) is 13.0 Å². The molecular weight excluding hydrogens is 415 g/mol. The highest BCUT2D eigenvalue weighted by Gasteiger charge is 2.20. The molecule has 1 unspecified atom stereocenters. The molecule has 7 heteroatoms. The van der Waals surface area contributed by atoms with E-state index < -0.39 is 24.5 Å². The van der Waals surface area contributed by atoms with Crippen LogP contribution in [0.25, 0.3) is 10.9 Å². The molecule has 0 saturated heterocycles. The van der Waals surface area contributed by atoms with Gasteiger partial charge in [-0.15, -0.1) is 11.3 Å². The standard InChI is InChI=1S/C24H19FN2O3S/c1-15-13-19(18-5-2-3-6-20(18)26-15)24(29)30-14-22(28)27-23(21-7-4-12-31-21)16-8-10-17(25)11-9-16/h2-13,23H,14H2,1H3,(H,27,28). The van der Waals surface area contributed by atoms with Crippen molar-refractivity contribution >= 4 is 34.1 Å². The minimum Gasteiger partial charge on any atom is -0.452 e. The number of hydrogen-bond acceptors (Lipinski definition) is 5. The number of thiophene rings is 1. The van der Waals surface area contributed by atoms with Crippen molar-refractivity contribution in [1.29, 1.82) is 0 Å². The number of pyridine rings is 1. The Morgan fingerprint density at radius 3 is 2.61 bits per heavy atom. The number of aromatic nitrogens is 1. The highest BCUT2D eigenvalue weighted by atomic mass is 32.1. The Bertz CT molecular complexity index is 1220. The van der Waals surface area contributed by atoms with Crippen LogP contribution in [-0.2, 0) is 9.53 Å². The van der Waals surface area contributed by atoms with E-state index in [4.69, 9.17) is 4.74 Å². The summed E-state index contributed by atoms with van der Waals surface area (Å²) in [7, 11) is 0. The van der Waals surface area contributed by atoms with Crippen LogP contribution in [0, 0.1) is 12.7 Å². The molecule has 0 fully saturated rings. The van der Waals surface area contributed by atoms with Gasteiger partial charge in [0.05, 0.1) is 17.1 Å². The van der Waals surface area contributed by atoms with Crippen LogP contribution in [-0.4, -0.2) is 23.5 Å². The predicted octanol–water partition coefficient (Wildman–Crippen LogP) is 4.81. The molecule has 1 amide bonds. The number of nitrogens with zero attached hydrogens (tertiary/aromatic N) is 1. The van der Waals surface area contributed by atoms with Crippen molar-refractivity contribution in [3.63, 3.8) is 0 Å². The summed E-state index contributed by atoms with van der Waals surface area (Å²) in [5.41, 5.74) is 2.47. The second-order valence-electron chi connectivity index (χ2n) is 6.97. The lowest BCUT2D eigenvalue weighted by molar-refractivity contribution is -0.124. The van der Waals surface area contributed by atoms with E-state index in [-0.39, 0.29) is 5.82 Å². The molecule has 4 rings (SSSR count). The number of carbonyl (C=O) groups excluding carboxylic acids is 2. The molecule has 1 N–H and O–H groups in total. The SMILES string of the molecule is Cc1cc(C(=O)OCC(=O)NC(c2ccc(F)cc2)c2cccs2)c2ccccc2n1. The number of fused-ring (bicyclic) bond motifs is 1. The summed E-state index contributed by atoms with van der Waals surface area (Å²) >= 11 is 1.47. The van der Waals surface area contributed by atoms with Crippen molar-refractivity contribution in [3.05, 3.63) is 99.6 Å². The van der Waals surface area contributed by atoms with E-state index in [0.29, 0.717) is 22.2 Å². The van der Waals surface area contributed by atoms with E-state index in [1.165, 1.54) is 23.5 Å². The fourth-order valence-electron chi connectivity index (χ4n) is 3.32. The first kappa shape index (κ1) is 20.7. The van der Waals surface area contributed by atoms with Crippen LogP contribution in [0.4, 0.5) is 4.39 Å². The Morgan fingerprint density at radius 2 is 1.87 bits per heavy atom. The van der Waals surface area contributed by atoms with Gasteiger partial charge in [-0.3, -0.25) is 9.78 Å². The van der Waals surface area contributed by atoms with Crippen LogP contribution >= 0.6 is 11.3 Å². The van der Waals surface area contributed by atoms with E-state index in [0.717, 1.165) is 10.4 Å². The van der Waals surface area contributed by atoms with Gasteiger partial charge in [0, 0.05) is 16.0 Å². The van der Waals surface area contributed by atoms with Gasteiger partial charge in [-0.05, 0) is 48.2 Å². The molecule has 0 aliphatic heterocycles. The van der Waals surface area contributed by atoms with E-state index in [9.17, 15) is 14.0 Å². The van der Waals surface area contributed by atoms with Crippen LogP contribution in [0.2, 0.25) is 0 Å². The first-order chi connectivity index (χ1) is 15.0. The van der Waals surface area contributed by atoms with Gasteiger partial charge in [0.2, 0.25) is 0 Å². The molecule has 0 bridgehead atoms. The average molecular weight is 434 g/mol. The number of rotatable bonds is 6. The van der Waals surface area contributed by atoms with E-state index in [1.807, 2.05) is 35.7 Å². The zero-order valence-electron chi connectivity index (χ0n) is 16.7. The largest absolute Gasteiger partial charge is 0.452 e. The molecule has 31 heavy (non-hydrogen) atoms. The van der Waals surface area contributed by atoms with Crippen molar-refractivity contribution in [3.8, 4) is 0 Å². The molecule has 156 valence electrons. The summed E-state index contributed by atoms with van der Waals surface area (Å²) in [6.45, 7) is 1.36. The fourth-order valence-corrected chi connectivity index (χ4v) is 4.12. The van der Waals surface area contributed by atoms with Gasteiger partial charge in [0.25, 0.3) is 5.91 Å². The number of benzene rings is 2. The second-order valence-corrected chi connectivity index (χ2v) is 7.95. The number of halogens is 1. The highest BCUT2D eigenvalue weighted by molar-refractivity contribution is 7.10. The summed E-state index contributed by atoms with van der Waals surface area (Å²) in [6.07, 6.45) is 0. The fraction of sp³-hybridized carbons (Fsp3) is 0.125. The Hall–Kier alpha value is -3.58. The maximum absolute atomic E-state index is 13.3. The van der Waals surface area contributed by atoms with Crippen molar-refractivity contribution in [1.82, 2.24) is 10.3 Å². The summed E-state index contributed by atoms with van der Waals surface area (Å²) in [5, 5.41) is 5.44. The quantitative estimate of drug-likeness (QED) is 0.443. The van der Waals surface area contributed by atoms with Gasteiger partial charge in [-0.25, -0.2) is 9.18 Å². The molecule has 4 aromatic rings. The minimum atomic E-state index is -0.591. The molecule has 0 aliphatic carbocycles. The third kappa shape index (κ3) is 4.78. The van der Waals surface area contributed by atoms with Crippen LogP contribution in [0.3, 0.4) is 0 Å². The molecule has 2 aromatic heterocycles. The van der Waals surface area contributed by atoms with Gasteiger partial charge < -0.3 is 10.1 Å². The Kier molecular flexibility index (Phi) is 6.04. The Balaban J connectivity index is 1.48. The molecule has 2 heterocycles. The lowest BCUT2D eigenvalue weighted by Crippen LogP contribution is -2.32. The number of carbonyl (C=O) groups is 2. The lowest BCUT2D eigenvalue weighted by Gasteiger charge is -2.18. The minimum absolute atomic E-state index is 0.353. The van der Waals surface area contributed by atoms with Gasteiger partial charge in [0.15, 0.2) is 6.61 Å². The molecule has 0 aliphatic rings. The first-order valence-electron chi connectivity index (χ1n) is 9.63. The normalized spacial score (nSPS) is 11.8. The monoisotopic (exact) mass is 434 g/mol. The third-order valence-electron chi connectivity index (χ3n) is 4.73. The zero-order chi connectivity index (χ0) is 21.8. The van der Waals surface area contributed by atoms with Gasteiger partial charge in [-0.2, -0.15) is 0 Å². The van der Waals surface area contributed by atoms with E-state index in [1.54, 1.807) is 31.2 Å². The van der Waals surface area contributed by atoms with E-state index >= 15 is 0 Å². The maximum atomic E-state index is 13.3. The summed E-state index contributed by atoms with van der Waals surface area (Å²) < 4.78 is 18.6. The van der Waals surface area contributed by atoms with Crippen LogP contribution in [0.15, 0.2) is 72.1 Å². The number of hydrogen-bond donors (Lipinski definition) is 1. The number of esters is 1. The number of nitrogens with one attached hydrogen (secondary N) is 1. The molecule has 0 saturated carbocycles. The summed E-state index contributed by atoms with van der Waals surface area (Å²) in [6, 6.07) is 18.2. The average Bonchev–Trinajstić information content (AvgIpc) is 3.30. The number of ether oxygens (including phenoxy) is 1. The number of para-hydroxylation sites is 1. The van der Waals surface area contributed by atoms with Crippen molar-refractivity contribution < 1.29 is 18.7 Å². The number of aryl methyl sites for hydroxylation is 1. The van der Waals surface area contributed by atoms with Gasteiger partial charge >= 0.3 is 5.97 Å². The predicted molar refractivity (Wildman–Crippen MR) is 117 cm³/mol. The molecule has 0 spiro atoms. The molecule has 2 aromatic carbocycles. The van der Waals surface area contributed by atoms with Gasteiger partial charge in [0.1, 0.15) is 5.82 Å². The van der Waals surface area contributed by atoms with E-state index in [2.05, 4.69) is 10.3 Å². The second kappa shape index (κ2) is 9.06. The molecule has 5 nitrogen and oxygen atoms in total. The smallest absolute Gasteiger partial charge is 0.339 e. The lowest BCUT2D eigenvalue weighted by atomic mass is 10.1. The maximum Gasteiger partial charge on any atom is 0.339 e.